The van der Waals surface area contributed by atoms with E-state index in [1.54, 1.807) is 15.9 Å². The number of aromatic nitrogens is 2. The summed E-state index contributed by atoms with van der Waals surface area (Å²) < 4.78 is 2.13. The maximum atomic E-state index is 12.8. The lowest BCUT2D eigenvalue weighted by Gasteiger charge is -2.19. The Morgan fingerprint density at radius 3 is 2.46 bits per heavy atom. The lowest BCUT2D eigenvalue weighted by molar-refractivity contribution is 0.589. The van der Waals surface area contributed by atoms with Crippen molar-refractivity contribution >= 4 is 33.8 Å². The fourth-order valence-electron chi connectivity index (χ4n) is 2.71. The average molecular weight is 359 g/mol. The van der Waals surface area contributed by atoms with E-state index in [1.165, 1.54) is 10.4 Å². The van der Waals surface area contributed by atoms with Gasteiger partial charge in [-0.3, -0.25) is 9.36 Å². The van der Waals surface area contributed by atoms with Gasteiger partial charge < -0.3 is 4.98 Å². The van der Waals surface area contributed by atoms with E-state index in [9.17, 15) is 4.79 Å². The van der Waals surface area contributed by atoms with Crippen LogP contribution in [0.1, 0.15) is 43.7 Å². The van der Waals surface area contributed by atoms with Crippen molar-refractivity contribution in [2.45, 2.75) is 46.1 Å². The molecule has 0 fully saturated rings. The first-order valence-corrected chi connectivity index (χ1v) is 9.37. The Morgan fingerprint density at radius 2 is 1.88 bits per heavy atom. The highest BCUT2D eigenvalue weighted by atomic mass is 32.1. The Kier molecular flexibility index (Phi) is 4.49. The predicted octanol–water partition coefficient (Wildman–Crippen LogP) is 5.03. The number of hydrogen-bond donors (Lipinski definition) is 1. The molecule has 0 saturated heterocycles. The first-order valence-electron chi connectivity index (χ1n) is 8.14. The second-order valence-corrected chi connectivity index (χ2v) is 8.60. The van der Waals surface area contributed by atoms with Crippen LogP contribution in [0.2, 0.25) is 0 Å². The second kappa shape index (κ2) is 6.30. The molecule has 2 heterocycles. The van der Waals surface area contributed by atoms with E-state index in [4.69, 9.17) is 12.2 Å². The minimum atomic E-state index is -0.00963. The highest BCUT2D eigenvalue weighted by Gasteiger charge is 2.14. The van der Waals surface area contributed by atoms with E-state index < -0.39 is 0 Å². The van der Waals surface area contributed by atoms with Crippen LogP contribution < -0.4 is 5.56 Å². The van der Waals surface area contributed by atoms with Crippen molar-refractivity contribution in [3.8, 4) is 0 Å². The molecule has 0 spiro atoms. The molecule has 0 unspecified atom stereocenters. The van der Waals surface area contributed by atoms with Gasteiger partial charge in [0.05, 0.1) is 11.9 Å². The number of rotatable bonds is 3. The first-order chi connectivity index (χ1) is 11.3. The molecule has 0 radical (unpaired) electrons. The summed E-state index contributed by atoms with van der Waals surface area (Å²) in [6.45, 7) is 9.16. The molecule has 1 N–H and O–H groups in total. The molecule has 0 atom stereocenters. The highest BCUT2D eigenvalue weighted by molar-refractivity contribution is 7.71. The number of thiophene rings is 1. The lowest BCUT2D eigenvalue weighted by atomic mass is 9.87. The highest BCUT2D eigenvalue weighted by Crippen LogP contribution is 2.23. The second-order valence-electron chi connectivity index (χ2n) is 7.08. The van der Waals surface area contributed by atoms with Crippen LogP contribution in [0.25, 0.3) is 10.2 Å². The monoisotopic (exact) mass is 358 g/mol. The zero-order valence-corrected chi connectivity index (χ0v) is 16.1. The molecule has 0 aliphatic rings. The molecule has 126 valence electrons. The van der Waals surface area contributed by atoms with Gasteiger partial charge >= 0.3 is 0 Å². The van der Waals surface area contributed by atoms with Crippen LogP contribution in [0, 0.1) is 4.77 Å². The minimum absolute atomic E-state index is 0.00963. The van der Waals surface area contributed by atoms with Gasteiger partial charge in [0.1, 0.15) is 4.83 Å². The summed E-state index contributed by atoms with van der Waals surface area (Å²) in [6, 6.07) is 10.4. The van der Waals surface area contributed by atoms with Crippen LogP contribution in [0.3, 0.4) is 0 Å². The first kappa shape index (κ1) is 17.1. The maximum Gasteiger partial charge on any atom is 0.263 e. The van der Waals surface area contributed by atoms with Gasteiger partial charge in [0, 0.05) is 4.88 Å². The van der Waals surface area contributed by atoms with Gasteiger partial charge in [0.15, 0.2) is 4.77 Å². The Bertz CT molecular complexity index is 985. The molecule has 0 aliphatic carbocycles. The van der Waals surface area contributed by atoms with E-state index in [2.05, 4.69) is 56.9 Å². The van der Waals surface area contributed by atoms with Gasteiger partial charge in [-0.2, -0.15) is 0 Å². The third kappa shape index (κ3) is 3.23. The number of benzene rings is 1. The van der Waals surface area contributed by atoms with Crippen molar-refractivity contribution in [2.75, 3.05) is 0 Å². The summed E-state index contributed by atoms with van der Waals surface area (Å²) in [6.07, 6.45) is 0.924. The van der Waals surface area contributed by atoms with Crippen LogP contribution >= 0.6 is 23.6 Å². The molecule has 5 heteroatoms. The molecule has 24 heavy (non-hydrogen) atoms. The third-order valence-electron chi connectivity index (χ3n) is 4.23. The van der Waals surface area contributed by atoms with E-state index in [0.717, 1.165) is 22.2 Å². The van der Waals surface area contributed by atoms with Crippen molar-refractivity contribution in [2.24, 2.45) is 0 Å². The number of nitrogens with zero attached hydrogens (tertiary/aromatic N) is 1. The van der Waals surface area contributed by atoms with Gasteiger partial charge in [0.2, 0.25) is 0 Å². The summed E-state index contributed by atoms with van der Waals surface area (Å²) in [5.74, 6) is 0. The molecule has 0 saturated carbocycles. The van der Waals surface area contributed by atoms with Crippen LogP contribution in [-0.4, -0.2) is 9.55 Å². The number of H-pyrrole nitrogens is 1. The van der Waals surface area contributed by atoms with Crippen LogP contribution in [0.4, 0.5) is 0 Å². The van der Waals surface area contributed by atoms with Crippen LogP contribution in [0.5, 0.6) is 0 Å². The SMILES string of the molecule is CCc1cc2c(=O)n(Cc3ccc(C(C)(C)C)cc3)c(=S)[nH]c2s1. The van der Waals surface area contributed by atoms with Gasteiger partial charge in [-0.25, -0.2) is 0 Å². The van der Waals surface area contributed by atoms with Crippen LogP contribution in [-0.2, 0) is 18.4 Å². The standard InChI is InChI=1S/C19H22N2OS2/c1-5-14-10-15-16(24-14)20-18(23)21(17(15)22)11-12-6-8-13(9-7-12)19(2,3)4/h6-10H,5,11H2,1-4H3,(H,20,23). The smallest absolute Gasteiger partial charge is 0.263 e. The van der Waals surface area contributed by atoms with Crippen molar-refractivity contribution in [1.82, 2.24) is 9.55 Å². The molecular weight excluding hydrogens is 336 g/mol. The zero-order valence-electron chi connectivity index (χ0n) is 14.5. The van der Waals surface area contributed by atoms with Crippen LogP contribution in [0.15, 0.2) is 35.1 Å². The Balaban J connectivity index is 2.01. The third-order valence-corrected chi connectivity index (χ3v) is 5.75. The fraction of sp³-hybridized carbons (Fsp3) is 0.368. The number of fused-ring (bicyclic) bond motifs is 1. The summed E-state index contributed by atoms with van der Waals surface area (Å²) in [5.41, 5.74) is 2.47. The van der Waals surface area contributed by atoms with Crippen molar-refractivity contribution in [3.63, 3.8) is 0 Å². The van der Waals surface area contributed by atoms with Gasteiger partial charge in [0.25, 0.3) is 5.56 Å². The minimum Gasteiger partial charge on any atom is -0.323 e. The van der Waals surface area contributed by atoms with Crippen molar-refractivity contribution in [1.29, 1.82) is 0 Å². The largest absolute Gasteiger partial charge is 0.323 e. The Morgan fingerprint density at radius 1 is 1.21 bits per heavy atom. The van der Waals surface area contributed by atoms with Gasteiger partial charge in [-0.05, 0) is 41.2 Å². The van der Waals surface area contributed by atoms with Gasteiger partial charge in [-0.15, -0.1) is 11.3 Å². The molecule has 3 aromatic rings. The molecule has 0 bridgehead atoms. The Labute approximate surface area is 151 Å². The Hall–Kier alpha value is -1.72. The zero-order chi connectivity index (χ0) is 17.5. The topological polar surface area (TPSA) is 37.8 Å². The summed E-state index contributed by atoms with van der Waals surface area (Å²) >= 11 is 7.02. The molecule has 2 aromatic heterocycles. The fourth-order valence-corrected chi connectivity index (χ4v) is 4.01. The van der Waals surface area contributed by atoms with E-state index >= 15 is 0 Å². The van der Waals surface area contributed by atoms with E-state index in [1.807, 2.05) is 6.07 Å². The molecule has 0 amide bonds. The number of aryl methyl sites for hydroxylation is 1. The van der Waals surface area contributed by atoms with Crippen molar-refractivity contribution < 1.29 is 0 Å². The molecule has 3 rings (SSSR count). The number of nitrogens with one attached hydrogen (secondary N) is 1. The maximum absolute atomic E-state index is 12.8. The molecule has 1 aromatic carbocycles. The van der Waals surface area contributed by atoms with E-state index in [0.29, 0.717) is 11.3 Å². The number of aromatic amines is 1. The van der Waals surface area contributed by atoms with Gasteiger partial charge in [-0.1, -0.05) is 52.0 Å². The number of hydrogen-bond acceptors (Lipinski definition) is 3. The average Bonchev–Trinajstić information content (AvgIpc) is 2.94. The van der Waals surface area contributed by atoms with E-state index in [-0.39, 0.29) is 11.0 Å². The summed E-state index contributed by atoms with van der Waals surface area (Å²) in [4.78, 5) is 18.1. The normalized spacial score (nSPS) is 12.0. The molecule has 3 nitrogen and oxygen atoms in total. The summed E-state index contributed by atoms with van der Waals surface area (Å²) in [7, 11) is 0. The van der Waals surface area contributed by atoms with Crippen molar-refractivity contribution in [3.05, 3.63) is 61.5 Å². The molecule has 0 aliphatic heterocycles. The molecular formula is C19H22N2OS2. The lowest BCUT2D eigenvalue weighted by Crippen LogP contribution is -2.22. The predicted molar refractivity (Wildman–Crippen MR) is 105 cm³/mol. The quantitative estimate of drug-likeness (QED) is 0.667. The summed E-state index contributed by atoms with van der Waals surface area (Å²) in [5, 5.41) is 0.733.